The number of para-hydroxylation sites is 1. The molecule has 4 aliphatic rings. The SMILES string of the molecule is Cc1c(Cl)ccc2c1NC(=O)[C@]21N2CCC[C@H]2[C@@H](C(=O)c2ccc(Cl)cc2Cl)[C@]12C(=O)Nc1ccccc12. The zero-order valence-electron chi connectivity index (χ0n) is 20.3. The third-order valence-electron chi connectivity index (χ3n) is 8.95. The number of benzene rings is 3. The second-order valence-electron chi connectivity index (χ2n) is 10.4. The highest BCUT2D eigenvalue weighted by Crippen LogP contribution is 2.68. The molecule has 192 valence electrons. The fourth-order valence-corrected chi connectivity index (χ4v) is 8.28. The van der Waals surface area contributed by atoms with E-state index in [2.05, 4.69) is 15.5 Å². The molecule has 0 aliphatic carbocycles. The van der Waals surface area contributed by atoms with Crippen LogP contribution < -0.4 is 10.6 Å². The van der Waals surface area contributed by atoms with Gasteiger partial charge in [0.25, 0.3) is 5.91 Å². The summed E-state index contributed by atoms with van der Waals surface area (Å²) in [6.07, 6.45) is 1.45. The first-order valence-corrected chi connectivity index (χ1v) is 13.7. The maximum Gasteiger partial charge on any atom is 0.251 e. The number of carbonyl (C=O) groups is 3. The summed E-state index contributed by atoms with van der Waals surface area (Å²) < 4.78 is 0. The monoisotopic (exact) mass is 565 g/mol. The van der Waals surface area contributed by atoms with E-state index in [0.29, 0.717) is 45.5 Å². The molecule has 3 aromatic rings. The van der Waals surface area contributed by atoms with Crippen molar-refractivity contribution in [3.63, 3.8) is 0 Å². The maximum atomic E-state index is 14.6. The lowest BCUT2D eigenvalue weighted by Gasteiger charge is -2.43. The highest BCUT2D eigenvalue weighted by Gasteiger charge is 2.81. The molecule has 4 heterocycles. The number of Topliss-reactive ketones (excluding diaryl/α,β-unsaturated/α-hetero) is 1. The Balaban J connectivity index is 1.60. The van der Waals surface area contributed by atoms with Gasteiger partial charge in [0, 0.05) is 32.9 Å². The number of rotatable bonds is 2. The van der Waals surface area contributed by atoms with Crippen molar-refractivity contribution in [1.29, 1.82) is 0 Å². The smallest absolute Gasteiger partial charge is 0.251 e. The zero-order valence-corrected chi connectivity index (χ0v) is 22.5. The van der Waals surface area contributed by atoms with Crippen molar-refractivity contribution < 1.29 is 14.4 Å². The van der Waals surface area contributed by atoms with Gasteiger partial charge in [-0.3, -0.25) is 19.3 Å². The summed E-state index contributed by atoms with van der Waals surface area (Å²) in [6.45, 7) is 2.41. The second kappa shape index (κ2) is 8.06. The molecule has 2 spiro atoms. The van der Waals surface area contributed by atoms with Gasteiger partial charge in [-0.25, -0.2) is 0 Å². The second-order valence-corrected chi connectivity index (χ2v) is 11.7. The molecule has 9 heteroatoms. The molecule has 0 aromatic heterocycles. The molecule has 6 nitrogen and oxygen atoms in total. The standard InChI is InChI=1S/C29H22Cl3N3O3/c1-14-19(31)11-10-18-24(14)34-27(38)29(18)28(17-5-2-3-6-21(17)33-26(28)37)23(22-7-4-12-35(22)29)25(36)16-9-8-15(30)13-20(16)32/h2-3,5-6,8-11,13,22-23H,4,7,12H2,1H3,(H,33,37)(H,34,38)/t22-,23-,28+,29+/m0/s1. The van der Waals surface area contributed by atoms with Crippen LogP contribution in [0, 0.1) is 12.8 Å². The van der Waals surface area contributed by atoms with Crippen LogP contribution in [0.3, 0.4) is 0 Å². The van der Waals surface area contributed by atoms with Gasteiger partial charge in [0.2, 0.25) is 5.91 Å². The van der Waals surface area contributed by atoms with Crippen LogP contribution in [0.2, 0.25) is 15.1 Å². The number of halogens is 3. The van der Waals surface area contributed by atoms with E-state index in [4.69, 9.17) is 34.8 Å². The Bertz CT molecular complexity index is 1610. The largest absolute Gasteiger partial charge is 0.325 e. The van der Waals surface area contributed by atoms with Gasteiger partial charge in [-0.2, -0.15) is 0 Å². The van der Waals surface area contributed by atoms with Crippen LogP contribution in [-0.4, -0.2) is 35.1 Å². The lowest BCUT2D eigenvalue weighted by atomic mass is 9.57. The van der Waals surface area contributed by atoms with Gasteiger partial charge in [-0.05, 0) is 67.8 Å². The van der Waals surface area contributed by atoms with Crippen molar-refractivity contribution in [1.82, 2.24) is 4.90 Å². The van der Waals surface area contributed by atoms with E-state index in [1.165, 1.54) is 6.07 Å². The van der Waals surface area contributed by atoms with Crippen molar-refractivity contribution in [2.75, 3.05) is 17.2 Å². The van der Waals surface area contributed by atoms with Crippen LogP contribution in [0.1, 0.15) is 39.9 Å². The Labute approximate surface area is 234 Å². The molecule has 38 heavy (non-hydrogen) atoms. The molecule has 3 aromatic carbocycles. The number of anilines is 2. The van der Waals surface area contributed by atoms with Crippen LogP contribution in [0.25, 0.3) is 0 Å². The molecular weight excluding hydrogens is 545 g/mol. The average molecular weight is 567 g/mol. The first-order chi connectivity index (χ1) is 18.2. The fraction of sp³-hybridized carbons (Fsp3) is 0.276. The van der Waals surface area contributed by atoms with E-state index in [1.54, 1.807) is 18.2 Å². The summed E-state index contributed by atoms with van der Waals surface area (Å²) in [5.74, 6) is -1.85. The Kier molecular flexibility index (Phi) is 5.12. The molecule has 0 saturated carbocycles. The Morgan fingerprint density at radius 3 is 2.53 bits per heavy atom. The molecule has 0 bridgehead atoms. The summed E-state index contributed by atoms with van der Waals surface area (Å²) in [6, 6.07) is 15.3. The number of fused-ring (bicyclic) bond motifs is 7. The topological polar surface area (TPSA) is 78.5 Å². The number of carbonyl (C=O) groups excluding carboxylic acids is 3. The molecule has 2 N–H and O–H groups in total. The van der Waals surface area contributed by atoms with E-state index in [0.717, 1.165) is 12.0 Å². The molecule has 0 unspecified atom stereocenters. The number of hydrogen-bond acceptors (Lipinski definition) is 4. The number of amides is 2. The molecule has 0 radical (unpaired) electrons. The first-order valence-electron chi connectivity index (χ1n) is 12.5. The van der Waals surface area contributed by atoms with Crippen LogP contribution in [-0.2, 0) is 20.5 Å². The van der Waals surface area contributed by atoms with Crippen molar-refractivity contribution in [3.8, 4) is 0 Å². The Morgan fingerprint density at radius 2 is 1.74 bits per heavy atom. The third-order valence-corrected chi connectivity index (χ3v) is 9.90. The van der Waals surface area contributed by atoms with E-state index in [1.807, 2.05) is 37.3 Å². The van der Waals surface area contributed by atoms with Gasteiger partial charge in [0.05, 0.1) is 16.6 Å². The maximum absolute atomic E-state index is 14.6. The zero-order chi connectivity index (χ0) is 26.6. The van der Waals surface area contributed by atoms with E-state index in [-0.39, 0.29) is 34.2 Å². The van der Waals surface area contributed by atoms with E-state index < -0.39 is 16.9 Å². The Hall–Kier alpha value is -2.90. The number of nitrogens with one attached hydrogen (secondary N) is 2. The third kappa shape index (κ3) is 2.67. The lowest BCUT2D eigenvalue weighted by Crippen LogP contribution is -2.62. The predicted octanol–water partition coefficient (Wildman–Crippen LogP) is 5.97. The molecule has 4 atom stereocenters. The molecule has 2 amide bonds. The van der Waals surface area contributed by atoms with Crippen LogP contribution in [0.15, 0.2) is 54.6 Å². The molecule has 2 saturated heterocycles. The molecule has 7 rings (SSSR count). The summed E-state index contributed by atoms with van der Waals surface area (Å²) in [5.41, 5.74) is 0.528. The minimum atomic E-state index is -1.54. The Morgan fingerprint density at radius 1 is 0.947 bits per heavy atom. The summed E-state index contributed by atoms with van der Waals surface area (Å²) in [4.78, 5) is 45.7. The van der Waals surface area contributed by atoms with Crippen LogP contribution in [0.5, 0.6) is 0 Å². The summed E-state index contributed by atoms with van der Waals surface area (Å²) >= 11 is 19.2. The highest BCUT2D eigenvalue weighted by molar-refractivity contribution is 6.37. The van der Waals surface area contributed by atoms with Crippen LogP contribution in [0.4, 0.5) is 11.4 Å². The van der Waals surface area contributed by atoms with Crippen molar-refractivity contribution in [3.05, 3.63) is 91.9 Å². The summed E-state index contributed by atoms with van der Waals surface area (Å²) in [7, 11) is 0. The minimum absolute atomic E-state index is 0.216. The predicted molar refractivity (Wildman–Crippen MR) is 147 cm³/mol. The number of nitrogens with zero attached hydrogens (tertiary/aromatic N) is 1. The fourth-order valence-electron chi connectivity index (χ4n) is 7.62. The van der Waals surface area contributed by atoms with Gasteiger partial charge in [0.15, 0.2) is 5.78 Å². The van der Waals surface area contributed by atoms with E-state index in [9.17, 15) is 14.4 Å². The van der Waals surface area contributed by atoms with Gasteiger partial charge >= 0.3 is 0 Å². The normalized spacial score (nSPS) is 28.9. The quantitative estimate of drug-likeness (QED) is 0.375. The number of ketones is 1. The molecular formula is C29H22Cl3N3O3. The van der Waals surface area contributed by atoms with Crippen molar-refractivity contribution in [2.45, 2.75) is 36.8 Å². The van der Waals surface area contributed by atoms with Crippen molar-refractivity contribution in [2.24, 2.45) is 5.92 Å². The molecule has 2 fully saturated rings. The van der Waals surface area contributed by atoms with Crippen LogP contribution >= 0.6 is 34.8 Å². The average Bonchev–Trinajstić information content (AvgIpc) is 3.60. The highest BCUT2D eigenvalue weighted by atomic mass is 35.5. The van der Waals surface area contributed by atoms with Gasteiger partial charge < -0.3 is 10.6 Å². The van der Waals surface area contributed by atoms with Gasteiger partial charge in [-0.1, -0.05) is 59.1 Å². The van der Waals surface area contributed by atoms with Crippen molar-refractivity contribution >= 4 is 63.8 Å². The first kappa shape index (κ1) is 24.2. The lowest BCUT2D eigenvalue weighted by molar-refractivity contribution is -0.137. The molecule has 4 aliphatic heterocycles. The van der Waals surface area contributed by atoms with E-state index >= 15 is 0 Å². The van der Waals surface area contributed by atoms with Gasteiger partial charge in [-0.15, -0.1) is 0 Å². The minimum Gasteiger partial charge on any atom is -0.325 e. The summed E-state index contributed by atoms with van der Waals surface area (Å²) in [5, 5.41) is 7.25. The van der Waals surface area contributed by atoms with Gasteiger partial charge in [0.1, 0.15) is 11.0 Å². The number of hydrogen-bond donors (Lipinski definition) is 2.